The quantitative estimate of drug-likeness (QED) is 0.335. The third kappa shape index (κ3) is 7.23. The molecule has 1 aliphatic rings. The van der Waals surface area contributed by atoms with Gasteiger partial charge < -0.3 is 15.4 Å². The van der Waals surface area contributed by atoms with Gasteiger partial charge in [0, 0.05) is 38.9 Å². The maximum Gasteiger partial charge on any atom is 0.191 e. The minimum Gasteiger partial charge on any atom is -0.374 e. The van der Waals surface area contributed by atoms with Crippen molar-refractivity contribution in [3.05, 3.63) is 42.5 Å². The van der Waals surface area contributed by atoms with Crippen molar-refractivity contribution in [1.29, 1.82) is 0 Å². The zero-order chi connectivity index (χ0) is 19.8. The van der Waals surface area contributed by atoms with Crippen LogP contribution in [0.4, 0.5) is 0 Å². The second-order valence-electron chi connectivity index (χ2n) is 7.41. The first kappa shape index (κ1) is 23.6. The van der Waals surface area contributed by atoms with Crippen LogP contribution in [0, 0.1) is 5.92 Å². The van der Waals surface area contributed by atoms with E-state index < -0.39 is 0 Å². The summed E-state index contributed by atoms with van der Waals surface area (Å²) in [6.07, 6.45) is 1.89. The highest BCUT2D eigenvalue weighted by Gasteiger charge is 2.21. The van der Waals surface area contributed by atoms with Gasteiger partial charge in [-0.25, -0.2) is 0 Å². The van der Waals surface area contributed by atoms with Crippen molar-refractivity contribution in [2.45, 2.75) is 26.5 Å². The summed E-state index contributed by atoms with van der Waals surface area (Å²) in [5.41, 5.74) is 1.04. The van der Waals surface area contributed by atoms with Crippen molar-refractivity contribution >= 4 is 29.9 Å². The molecule has 29 heavy (non-hydrogen) atoms. The molecular weight excluding hydrogens is 481 g/mol. The van der Waals surface area contributed by atoms with Crippen LogP contribution in [0.25, 0.3) is 5.69 Å². The van der Waals surface area contributed by atoms with Crippen LogP contribution >= 0.6 is 24.0 Å². The fraction of sp³-hybridized carbons (Fsp3) is 0.550. The molecule has 1 atom stereocenters. The second-order valence-corrected chi connectivity index (χ2v) is 7.41. The molecule has 1 fully saturated rings. The lowest BCUT2D eigenvalue weighted by Gasteiger charge is -2.34. The van der Waals surface area contributed by atoms with Gasteiger partial charge in [0.2, 0.25) is 0 Å². The van der Waals surface area contributed by atoms with Gasteiger partial charge in [-0.05, 0) is 18.1 Å². The number of hydrogen-bond acceptors (Lipinski definition) is 5. The molecule has 1 saturated heterocycles. The third-order valence-corrected chi connectivity index (χ3v) is 4.63. The Labute approximate surface area is 190 Å². The van der Waals surface area contributed by atoms with E-state index in [9.17, 15) is 0 Å². The van der Waals surface area contributed by atoms with E-state index in [-0.39, 0.29) is 30.1 Å². The number of nitrogens with one attached hydrogen (secondary N) is 2. The predicted molar refractivity (Wildman–Crippen MR) is 126 cm³/mol. The normalized spacial score (nSPS) is 17.8. The van der Waals surface area contributed by atoms with Gasteiger partial charge in [0.1, 0.15) is 6.33 Å². The summed E-state index contributed by atoms with van der Waals surface area (Å²) in [5.74, 6) is 2.22. The molecule has 3 rings (SSSR count). The topological polar surface area (TPSA) is 79.6 Å². The van der Waals surface area contributed by atoms with Gasteiger partial charge in [-0.1, -0.05) is 32.0 Å². The van der Waals surface area contributed by atoms with Gasteiger partial charge >= 0.3 is 0 Å². The van der Waals surface area contributed by atoms with Gasteiger partial charge in [-0.15, -0.1) is 34.2 Å². The van der Waals surface area contributed by atoms with E-state index in [1.165, 1.54) is 0 Å². The predicted octanol–water partition coefficient (Wildman–Crippen LogP) is 1.91. The molecule has 2 aromatic rings. The average Bonchev–Trinajstić information content (AvgIpc) is 3.17. The van der Waals surface area contributed by atoms with Crippen LogP contribution in [0.3, 0.4) is 0 Å². The maximum atomic E-state index is 5.90. The Morgan fingerprint density at radius 2 is 2.07 bits per heavy atom. The molecule has 0 amide bonds. The highest BCUT2D eigenvalue weighted by Crippen LogP contribution is 2.09. The summed E-state index contributed by atoms with van der Waals surface area (Å²) in [4.78, 5) is 6.78. The van der Waals surface area contributed by atoms with Crippen LogP contribution in [0.15, 0.2) is 41.7 Å². The number of nitrogens with zero attached hydrogens (tertiary/aromatic N) is 5. The highest BCUT2D eigenvalue weighted by atomic mass is 127. The van der Waals surface area contributed by atoms with Gasteiger partial charge in [0.05, 0.1) is 19.3 Å². The number of aliphatic imine (C=N–C) groups is 1. The number of para-hydroxylation sites is 1. The second kappa shape index (κ2) is 12.1. The Balaban J connectivity index is 0.00000300. The Hall–Kier alpha value is -1.72. The van der Waals surface area contributed by atoms with E-state index in [1.807, 2.05) is 34.9 Å². The minimum atomic E-state index is 0. The number of ether oxygens (including phenoxy) is 1. The van der Waals surface area contributed by atoms with Crippen molar-refractivity contribution in [3.63, 3.8) is 0 Å². The number of hydrogen-bond donors (Lipinski definition) is 2. The van der Waals surface area contributed by atoms with Crippen molar-refractivity contribution in [2.24, 2.45) is 10.9 Å². The summed E-state index contributed by atoms with van der Waals surface area (Å²) < 4.78 is 7.87. The van der Waals surface area contributed by atoms with Gasteiger partial charge in [-0.2, -0.15) is 0 Å². The molecule has 2 N–H and O–H groups in total. The standard InChI is InChI=1S/C20H31N7O.HI/c1-16(2)13-26-9-10-28-18(14-26)11-22-20(21-3)23-12-19-25-24-15-27(19)17-7-5-4-6-8-17;/h4-8,15-16,18H,9-14H2,1-3H3,(H2,21,22,23);1H. The summed E-state index contributed by atoms with van der Waals surface area (Å²) >= 11 is 0. The summed E-state index contributed by atoms with van der Waals surface area (Å²) in [6, 6.07) is 10.1. The van der Waals surface area contributed by atoms with Gasteiger partial charge in [0.15, 0.2) is 11.8 Å². The Morgan fingerprint density at radius 3 is 2.79 bits per heavy atom. The maximum absolute atomic E-state index is 5.90. The first-order chi connectivity index (χ1) is 13.7. The molecule has 2 heterocycles. The largest absolute Gasteiger partial charge is 0.374 e. The summed E-state index contributed by atoms with van der Waals surface area (Å²) in [6.45, 7) is 9.61. The fourth-order valence-electron chi connectivity index (χ4n) is 3.36. The number of guanidine groups is 1. The first-order valence-corrected chi connectivity index (χ1v) is 9.88. The molecule has 8 nitrogen and oxygen atoms in total. The zero-order valence-corrected chi connectivity index (χ0v) is 19.7. The van der Waals surface area contributed by atoms with Crippen molar-refractivity contribution < 1.29 is 4.74 Å². The monoisotopic (exact) mass is 513 g/mol. The van der Waals surface area contributed by atoms with Crippen LogP contribution in [0.5, 0.6) is 0 Å². The number of benzene rings is 1. The van der Waals surface area contributed by atoms with Crippen molar-refractivity contribution in [2.75, 3.05) is 39.8 Å². The van der Waals surface area contributed by atoms with Crippen LogP contribution in [0.1, 0.15) is 19.7 Å². The molecule has 1 aromatic heterocycles. The molecular formula is C20H32IN7O. The molecule has 0 aliphatic carbocycles. The molecule has 1 aromatic carbocycles. The lowest BCUT2D eigenvalue weighted by Crippen LogP contribution is -2.50. The van der Waals surface area contributed by atoms with Crippen molar-refractivity contribution in [1.82, 2.24) is 30.3 Å². The molecule has 0 saturated carbocycles. The Kier molecular flexibility index (Phi) is 9.82. The van der Waals surface area contributed by atoms with E-state index >= 15 is 0 Å². The molecule has 0 bridgehead atoms. The summed E-state index contributed by atoms with van der Waals surface area (Å²) in [7, 11) is 1.77. The van der Waals surface area contributed by atoms with Crippen LogP contribution in [-0.4, -0.2) is 71.6 Å². The zero-order valence-electron chi connectivity index (χ0n) is 17.4. The number of morpholine rings is 1. The molecule has 160 valence electrons. The molecule has 0 radical (unpaired) electrons. The van der Waals surface area contributed by atoms with E-state index in [1.54, 1.807) is 13.4 Å². The van der Waals surface area contributed by atoms with E-state index in [0.717, 1.165) is 50.3 Å². The third-order valence-electron chi connectivity index (χ3n) is 4.63. The minimum absolute atomic E-state index is 0. The number of halogens is 1. The fourth-order valence-corrected chi connectivity index (χ4v) is 3.36. The van der Waals surface area contributed by atoms with Crippen molar-refractivity contribution in [3.8, 4) is 5.69 Å². The molecule has 1 aliphatic heterocycles. The SMILES string of the molecule is CN=C(NCc1nncn1-c1ccccc1)NCC1CN(CC(C)C)CCO1.I. The van der Waals surface area contributed by atoms with Gasteiger partial charge in [0.25, 0.3) is 0 Å². The van der Waals surface area contributed by atoms with Gasteiger partial charge in [-0.3, -0.25) is 14.5 Å². The molecule has 1 unspecified atom stereocenters. The van der Waals surface area contributed by atoms with E-state index in [4.69, 9.17) is 4.74 Å². The van der Waals surface area contributed by atoms with E-state index in [0.29, 0.717) is 12.5 Å². The van der Waals surface area contributed by atoms with Crippen LogP contribution in [-0.2, 0) is 11.3 Å². The van der Waals surface area contributed by atoms with Crippen LogP contribution < -0.4 is 10.6 Å². The first-order valence-electron chi connectivity index (χ1n) is 9.88. The number of aromatic nitrogens is 3. The number of rotatable bonds is 7. The lowest BCUT2D eigenvalue weighted by atomic mass is 10.2. The lowest BCUT2D eigenvalue weighted by molar-refractivity contribution is -0.0284. The smallest absolute Gasteiger partial charge is 0.191 e. The average molecular weight is 513 g/mol. The Bertz CT molecular complexity index is 750. The summed E-state index contributed by atoms with van der Waals surface area (Å²) in [5, 5.41) is 14.9. The highest BCUT2D eigenvalue weighted by molar-refractivity contribution is 14.0. The molecule has 0 spiro atoms. The van der Waals surface area contributed by atoms with E-state index in [2.05, 4.69) is 44.6 Å². The molecule has 9 heteroatoms. The Morgan fingerprint density at radius 1 is 1.28 bits per heavy atom. The van der Waals surface area contributed by atoms with Crippen LogP contribution in [0.2, 0.25) is 0 Å².